The largest absolute Gasteiger partial charge is 0.502 e. The number of hydrogen-bond acceptors (Lipinski definition) is 6. The minimum absolute atomic E-state index is 0.0302. The lowest BCUT2D eigenvalue weighted by Gasteiger charge is -2.12. The number of carboxylic acid groups (broad SMARTS) is 3. The lowest BCUT2D eigenvalue weighted by molar-refractivity contribution is -0.142. The Morgan fingerprint density at radius 3 is 2.00 bits per heavy atom. The van der Waals surface area contributed by atoms with E-state index in [-0.39, 0.29) is 37.0 Å². The van der Waals surface area contributed by atoms with Gasteiger partial charge in [-0.3, -0.25) is 0 Å². The van der Waals surface area contributed by atoms with E-state index in [1.165, 1.54) is 6.92 Å². The molecule has 26 heavy (non-hydrogen) atoms. The van der Waals surface area contributed by atoms with Crippen LogP contribution in [-0.2, 0) is 16.0 Å². The maximum Gasteiger partial charge on any atom is 0.373 e. The highest BCUT2D eigenvalue weighted by molar-refractivity contribution is 6.05. The van der Waals surface area contributed by atoms with Crippen LogP contribution in [0.15, 0.2) is 24.0 Å². The predicted molar refractivity (Wildman–Crippen MR) is 87.6 cm³/mol. The van der Waals surface area contributed by atoms with Gasteiger partial charge in [0.1, 0.15) is 0 Å². The number of esters is 1. The molecule has 0 aliphatic heterocycles. The average molecular weight is 366 g/mol. The molecule has 0 fully saturated rings. The summed E-state index contributed by atoms with van der Waals surface area (Å²) in [5.41, 5.74) is -1.47. The maximum atomic E-state index is 11.4. The van der Waals surface area contributed by atoms with Crippen LogP contribution in [0.1, 0.15) is 56.4 Å². The monoisotopic (exact) mass is 366 g/mol. The number of aromatic carboxylic acids is 3. The Morgan fingerprint density at radius 2 is 1.50 bits per heavy atom. The normalized spacial score (nSPS) is 11.0. The summed E-state index contributed by atoms with van der Waals surface area (Å²) in [6, 6.07) is 2.00. The quantitative estimate of drug-likeness (QED) is 0.222. The maximum absolute atomic E-state index is 11.4. The van der Waals surface area contributed by atoms with Crippen LogP contribution in [0, 0.1) is 0 Å². The number of aliphatic hydroxyl groups is 1. The van der Waals surface area contributed by atoms with Crippen LogP contribution in [0.2, 0.25) is 0 Å². The molecule has 0 aromatic heterocycles. The minimum atomic E-state index is -1.54. The summed E-state index contributed by atoms with van der Waals surface area (Å²) in [6.45, 7) is 1.38. The first kappa shape index (κ1) is 20.7. The van der Waals surface area contributed by atoms with Gasteiger partial charge in [-0.1, -0.05) is 0 Å². The Labute approximate surface area is 148 Å². The summed E-state index contributed by atoms with van der Waals surface area (Å²) in [4.78, 5) is 45.2. The zero-order valence-electron chi connectivity index (χ0n) is 13.9. The molecule has 0 amide bonds. The number of rotatable bonds is 9. The van der Waals surface area contributed by atoms with Crippen LogP contribution < -0.4 is 0 Å². The van der Waals surface area contributed by atoms with Gasteiger partial charge in [-0.05, 0) is 50.0 Å². The van der Waals surface area contributed by atoms with Crippen molar-refractivity contribution in [1.29, 1.82) is 0 Å². The third kappa shape index (κ3) is 5.07. The van der Waals surface area contributed by atoms with E-state index in [0.717, 1.165) is 18.2 Å². The minimum Gasteiger partial charge on any atom is -0.502 e. The molecule has 0 atom stereocenters. The third-order valence-electron chi connectivity index (χ3n) is 3.52. The number of unbranched alkanes of at least 4 members (excludes halogenated alkanes) is 1. The van der Waals surface area contributed by atoms with Crippen molar-refractivity contribution < 1.29 is 44.3 Å². The summed E-state index contributed by atoms with van der Waals surface area (Å²) in [7, 11) is 0. The first-order valence-electron chi connectivity index (χ1n) is 7.58. The van der Waals surface area contributed by atoms with E-state index in [4.69, 9.17) is 14.9 Å². The van der Waals surface area contributed by atoms with Crippen molar-refractivity contribution in [2.75, 3.05) is 6.61 Å². The molecule has 140 valence electrons. The zero-order chi connectivity index (χ0) is 19.9. The smallest absolute Gasteiger partial charge is 0.373 e. The van der Waals surface area contributed by atoms with E-state index < -0.39 is 40.8 Å². The number of ether oxygens (including phenoxy) is 1. The Hall–Kier alpha value is -3.36. The van der Waals surface area contributed by atoms with Crippen molar-refractivity contribution in [3.8, 4) is 0 Å². The summed E-state index contributed by atoms with van der Waals surface area (Å²) < 4.78 is 4.77. The first-order valence-corrected chi connectivity index (χ1v) is 7.58. The van der Waals surface area contributed by atoms with E-state index in [1.54, 1.807) is 0 Å². The van der Waals surface area contributed by atoms with Gasteiger partial charge in [-0.15, -0.1) is 0 Å². The molecule has 9 heteroatoms. The fraction of sp³-hybridized carbons (Fsp3) is 0.294. The second kappa shape index (κ2) is 9.21. The van der Waals surface area contributed by atoms with Gasteiger partial charge in [0.15, 0.2) is 5.76 Å². The highest BCUT2D eigenvalue weighted by atomic mass is 16.5. The van der Waals surface area contributed by atoms with Gasteiger partial charge in [0.2, 0.25) is 0 Å². The van der Waals surface area contributed by atoms with Crippen molar-refractivity contribution in [3.05, 3.63) is 46.2 Å². The fourth-order valence-electron chi connectivity index (χ4n) is 2.29. The summed E-state index contributed by atoms with van der Waals surface area (Å²) in [5, 5.41) is 36.8. The Bertz CT molecular complexity index is 762. The summed E-state index contributed by atoms with van der Waals surface area (Å²) in [6.07, 6.45) is 1.64. The highest BCUT2D eigenvalue weighted by Crippen LogP contribution is 2.22. The van der Waals surface area contributed by atoms with E-state index >= 15 is 0 Å². The van der Waals surface area contributed by atoms with Gasteiger partial charge in [-0.2, -0.15) is 0 Å². The SMILES string of the molecule is CC=C(O)C(=O)OCCCCc1c(C(=O)O)ccc(C(=O)O)c1C(=O)O. The number of aliphatic hydroxyl groups excluding tert-OH is 1. The summed E-state index contributed by atoms with van der Waals surface area (Å²) >= 11 is 0. The van der Waals surface area contributed by atoms with Crippen molar-refractivity contribution in [2.24, 2.45) is 0 Å². The fourth-order valence-corrected chi connectivity index (χ4v) is 2.29. The molecule has 0 heterocycles. The molecule has 0 spiro atoms. The van der Waals surface area contributed by atoms with Crippen LogP contribution in [-0.4, -0.2) is 50.9 Å². The zero-order valence-corrected chi connectivity index (χ0v) is 13.9. The number of carbonyl (C=O) groups is 4. The molecule has 1 rings (SSSR count). The molecule has 0 bridgehead atoms. The van der Waals surface area contributed by atoms with Crippen LogP contribution in [0.5, 0.6) is 0 Å². The number of carboxylic acids is 3. The molecule has 0 unspecified atom stereocenters. The van der Waals surface area contributed by atoms with Crippen LogP contribution in [0.3, 0.4) is 0 Å². The number of carbonyl (C=O) groups excluding carboxylic acids is 1. The van der Waals surface area contributed by atoms with Gasteiger partial charge < -0.3 is 25.2 Å². The highest BCUT2D eigenvalue weighted by Gasteiger charge is 2.25. The molecular weight excluding hydrogens is 348 g/mol. The van der Waals surface area contributed by atoms with Crippen LogP contribution in [0.25, 0.3) is 0 Å². The second-order valence-electron chi connectivity index (χ2n) is 5.20. The molecule has 0 aliphatic carbocycles. The van der Waals surface area contributed by atoms with Crippen molar-refractivity contribution in [3.63, 3.8) is 0 Å². The van der Waals surface area contributed by atoms with E-state index in [1.807, 2.05) is 0 Å². The second-order valence-corrected chi connectivity index (χ2v) is 5.20. The Kier molecular flexibility index (Phi) is 7.33. The molecule has 1 aromatic carbocycles. The first-order chi connectivity index (χ1) is 12.2. The van der Waals surface area contributed by atoms with Crippen molar-refractivity contribution in [2.45, 2.75) is 26.2 Å². The van der Waals surface area contributed by atoms with Crippen LogP contribution >= 0.6 is 0 Å². The van der Waals surface area contributed by atoms with Gasteiger partial charge in [0, 0.05) is 0 Å². The average Bonchev–Trinajstić information content (AvgIpc) is 2.59. The Balaban J connectivity index is 2.95. The van der Waals surface area contributed by atoms with Gasteiger partial charge in [-0.25, -0.2) is 19.2 Å². The lowest BCUT2D eigenvalue weighted by atomic mass is 9.92. The third-order valence-corrected chi connectivity index (χ3v) is 3.52. The molecule has 0 aliphatic rings. The molecule has 0 radical (unpaired) electrons. The molecule has 9 nitrogen and oxygen atoms in total. The van der Waals surface area contributed by atoms with E-state index in [9.17, 15) is 29.4 Å². The van der Waals surface area contributed by atoms with Crippen molar-refractivity contribution >= 4 is 23.9 Å². The standard InChI is InChI=1S/C17H18O9/c1-2-12(18)17(25)26-8-4-3-5-9-10(14(19)20)6-7-11(15(21)22)13(9)16(23)24/h2,6-7,18H,3-5,8H2,1H3,(H,19,20)(H,21,22)(H,23,24). The van der Waals surface area contributed by atoms with Crippen molar-refractivity contribution in [1.82, 2.24) is 0 Å². The van der Waals surface area contributed by atoms with Gasteiger partial charge in [0.05, 0.1) is 23.3 Å². The number of hydrogen-bond donors (Lipinski definition) is 4. The number of allylic oxidation sites excluding steroid dienone is 1. The lowest BCUT2D eigenvalue weighted by Crippen LogP contribution is -2.16. The molecule has 4 N–H and O–H groups in total. The molecule has 0 saturated heterocycles. The van der Waals surface area contributed by atoms with E-state index in [0.29, 0.717) is 0 Å². The molecule has 0 saturated carbocycles. The van der Waals surface area contributed by atoms with Gasteiger partial charge in [0.25, 0.3) is 0 Å². The molecule has 1 aromatic rings. The number of benzene rings is 1. The molecular formula is C17H18O9. The van der Waals surface area contributed by atoms with Gasteiger partial charge >= 0.3 is 23.9 Å². The Morgan fingerprint density at radius 1 is 0.923 bits per heavy atom. The summed E-state index contributed by atoms with van der Waals surface area (Å²) in [5.74, 6) is -5.83. The van der Waals surface area contributed by atoms with Crippen LogP contribution in [0.4, 0.5) is 0 Å². The predicted octanol–water partition coefficient (Wildman–Crippen LogP) is 2.11. The van der Waals surface area contributed by atoms with E-state index in [2.05, 4.69) is 0 Å². The topological polar surface area (TPSA) is 158 Å².